The molecule has 0 heterocycles. The lowest BCUT2D eigenvalue weighted by atomic mass is 10.0. The highest BCUT2D eigenvalue weighted by Crippen LogP contribution is 2.39. The van der Waals surface area contributed by atoms with E-state index >= 15 is 0 Å². The van der Waals surface area contributed by atoms with Gasteiger partial charge < -0.3 is 9.84 Å². The largest absolute Gasteiger partial charge is 0.503 e. The highest BCUT2D eigenvalue weighted by Gasteiger charge is 2.37. The third kappa shape index (κ3) is 5.69. The normalized spacial score (nSPS) is 12.7. The number of alkyl halides is 6. The summed E-state index contributed by atoms with van der Waals surface area (Å²) in [6.45, 7) is 0. The molecular weight excluding hydrogens is 422 g/mol. The van der Waals surface area contributed by atoms with Crippen molar-refractivity contribution in [3.05, 3.63) is 71.0 Å². The predicted molar refractivity (Wildman–Crippen MR) is 95.1 cm³/mol. The van der Waals surface area contributed by atoms with Gasteiger partial charge in [-0.3, -0.25) is 0 Å². The van der Waals surface area contributed by atoms with E-state index < -0.39 is 40.8 Å². The van der Waals surface area contributed by atoms with Crippen molar-refractivity contribution in [2.45, 2.75) is 23.0 Å². The minimum absolute atomic E-state index is 0.174. The topological polar surface area (TPSA) is 46.5 Å². The van der Waals surface area contributed by atoms with Gasteiger partial charge in [-0.1, -0.05) is 18.2 Å². The summed E-state index contributed by atoms with van der Waals surface area (Å²) in [5.41, 5.74) is -3.00. The summed E-state index contributed by atoms with van der Waals surface area (Å²) < 4.78 is 83.2. The van der Waals surface area contributed by atoms with Gasteiger partial charge in [0.1, 0.15) is 5.57 Å². The first-order valence-electron chi connectivity index (χ1n) is 7.91. The van der Waals surface area contributed by atoms with Crippen molar-refractivity contribution in [3.63, 3.8) is 0 Å². The second kappa shape index (κ2) is 8.81. The fraction of sp³-hybridized carbons (Fsp3) is 0.211. The van der Waals surface area contributed by atoms with Gasteiger partial charge in [-0.25, -0.2) is 4.79 Å². The number of thioether (sulfide) groups is 1. The average molecular weight is 436 g/mol. The number of aliphatic carboxylic acids is 1. The first kappa shape index (κ1) is 22.7. The van der Waals surface area contributed by atoms with E-state index in [-0.39, 0.29) is 16.0 Å². The van der Waals surface area contributed by atoms with E-state index in [0.717, 1.165) is 18.0 Å². The maximum Gasteiger partial charge on any atom is 0.416 e. The fourth-order valence-electron chi connectivity index (χ4n) is 2.48. The summed E-state index contributed by atoms with van der Waals surface area (Å²) in [5, 5.41) is 9.31. The molecule has 2 aromatic carbocycles. The Labute approximate surface area is 166 Å². The Morgan fingerprint density at radius 2 is 1.72 bits per heavy atom. The van der Waals surface area contributed by atoms with Crippen molar-refractivity contribution in [2.75, 3.05) is 7.11 Å². The number of rotatable bonds is 6. The third-order valence-corrected chi connectivity index (χ3v) is 4.89. The Hall–Kier alpha value is -2.62. The van der Waals surface area contributed by atoms with Crippen molar-refractivity contribution in [2.24, 2.45) is 0 Å². The van der Waals surface area contributed by atoms with Crippen LogP contribution >= 0.6 is 11.8 Å². The molecule has 0 atom stereocenters. The molecule has 2 rings (SSSR count). The number of halogens is 6. The van der Waals surface area contributed by atoms with Gasteiger partial charge in [-0.15, -0.1) is 11.8 Å². The monoisotopic (exact) mass is 436 g/mol. The molecule has 3 nitrogen and oxygen atoms in total. The highest BCUT2D eigenvalue weighted by atomic mass is 32.2. The van der Waals surface area contributed by atoms with Crippen LogP contribution in [0.5, 0.6) is 0 Å². The smallest absolute Gasteiger partial charge is 0.416 e. The number of carbonyl (C=O) groups is 1. The SMILES string of the molecule is CO/C=C(/C(=O)O)c1ccccc1SCc1cc(C(F)(F)F)ccc1C(F)(F)F. The molecule has 0 spiro atoms. The van der Waals surface area contributed by atoms with E-state index in [2.05, 4.69) is 0 Å². The Morgan fingerprint density at radius 1 is 1.07 bits per heavy atom. The maximum absolute atomic E-state index is 13.2. The summed E-state index contributed by atoms with van der Waals surface area (Å²) in [7, 11) is 1.23. The lowest BCUT2D eigenvalue weighted by Gasteiger charge is -2.16. The molecule has 0 amide bonds. The molecule has 10 heteroatoms. The summed E-state index contributed by atoms with van der Waals surface area (Å²) in [4.78, 5) is 11.7. The van der Waals surface area contributed by atoms with Crippen molar-refractivity contribution in [3.8, 4) is 0 Å². The summed E-state index contributed by atoms with van der Waals surface area (Å²) >= 11 is 0.794. The van der Waals surface area contributed by atoms with Crippen molar-refractivity contribution < 1.29 is 41.0 Å². The number of carboxylic acids is 1. The number of methoxy groups -OCH3 is 1. The van der Waals surface area contributed by atoms with Crippen LogP contribution in [0.1, 0.15) is 22.3 Å². The van der Waals surface area contributed by atoms with Gasteiger partial charge in [-0.2, -0.15) is 26.3 Å². The molecule has 0 aromatic heterocycles. The minimum Gasteiger partial charge on any atom is -0.503 e. The van der Waals surface area contributed by atoms with Crippen molar-refractivity contribution >= 4 is 23.3 Å². The van der Waals surface area contributed by atoms with Crippen LogP contribution in [0, 0.1) is 0 Å². The van der Waals surface area contributed by atoms with E-state index in [0.29, 0.717) is 18.2 Å². The molecule has 29 heavy (non-hydrogen) atoms. The average Bonchev–Trinajstić information content (AvgIpc) is 2.63. The predicted octanol–water partition coefficient (Wildman–Crippen LogP) is 6.09. The minimum atomic E-state index is -4.83. The van der Waals surface area contributed by atoms with E-state index in [4.69, 9.17) is 4.74 Å². The zero-order chi connectivity index (χ0) is 21.8. The molecule has 0 fully saturated rings. The Balaban J connectivity index is 2.44. The fourth-order valence-corrected chi connectivity index (χ4v) is 3.54. The van der Waals surface area contributed by atoms with Crippen LogP contribution in [-0.4, -0.2) is 18.2 Å². The third-order valence-electron chi connectivity index (χ3n) is 3.76. The molecule has 0 bridgehead atoms. The standard InChI is InChI=1S/C19H14F6O3S/c1-28-9-14(17(26)27)13-4-2-3-5-16(13)29-10-11-8-12(18(20,21)22)6-7-15(11)19(23,24)25/h2-9H,10H2,1H3,(H,26,27)/b14-9+. The number of hydrogen-bond donors (Lipinski definition) is 1. The maximum atomic E-state index is 13.2. The highest BCUT2D eigenvalue weighted by molar-refractivity contribution is 7.98. The van der Waals surface area contributed by atoms with Crippen molar-refractivity contribution in [1.29, 1.82) is 0 Å². The van der Waals surface area contributed by atoms with Crippen LogP contribution in [-0.2, 0) is 27.6 Å². The molecule has 0 radical (unpaired) electrons. The summed E-state index contributed by atoms with van der Waals surface area (Å²) in [5.74, 6) is -1.77. The van der Waals surface area contributed by atoms with Crippen LogP contribution in [0.15, 0.2) is 53.6 Å². The second-order valence-electron chi connectivity index (χ2n) is 5.72. The number of carboxylic acid groups (broad SMARTS) is 1. The summed E-state index contributed by atoms with van der Waals surface area (Å²) in [6.07, 6.45) is -8.66. The molecule has 0 aliphatic rings. The second-order valence-corrected chi connectivity index (χ2v) is 6.74. The molecule has 0 unspecified atom stereocenters. The number of hydrogen-bond acceptors (Lipinski definition) is 3. The zero-order valence-corrected chi connectivity index (χ0v) is 15.6. The van der Waals surface area contributed by atoms with Gasteiger partial charge in [0.05, 0.1) is 24.5 Å². The van der Waals surface area contributed by atoms with E-state index in [1.807, 2.05) is 0 Å². The Morgan fingerprint density at radius 3 is 2.28 bits per heavy atom. The van der Waals surface area contributed by atoms with Crippen LogP contribution in [0.4, 0.5) is 26.3 Å². The first-order chi connectivity index (χ1) is 13.4. The Bertz CT molecular complexity index is 919. The van der Waals surface area contributed by atoms with Gasteiger partial charge in [0.25, 0.3) is 0 Å². The van der Waals surface area contributed by atoms with Gasteiger partial charge in [0, 0.05) is 16.2 Å². The molecule has 0 aliphatic heterocycles. The van der Waals surface area contributed by atoms with Gasteiger partial charge in [0.2, 0.25) is 0 Å². The first-order valence-corrected chi connectivity index (χ1v) is 8.89. The molecule has 0 saturated heterocycles. The molecular formula is C19H14F6O3S. The van der Waals surface area contributed by atoms with E-state index in [1.54, 1.807) is 0 Å². The molecule has 0 aliphatic carbocycles. The van der Waals surface area contributed by atoms with E-state index in [9.17, 15) is 36.2 Å². The van der Waals surface area contributed by atoms with Gasteiger partial charge in [0.15, 0.2) is 0 Å². The Kier molecular flexibility index (Phi) is 6.89. The molecule has 1 N–H and O–H groups in total. The van der Waals surface area contributed by atoms with Crippen LogP contribution < -0.4 is 0 Å². The van der Waals surface area contributed by atoms with Gasteiger partial charge in [-0.05, 0) is 29.8 Å². The molecule has 2 aromatic rings. The quantitative estimate of drug-likeness (QED) is 0.258. The molecule has 156 valence electrons. The lowest BCUT2D eigenvalue weighted by Crippen LogP contribution is -2.12. The van der Waals surface area contributed by atoms with Crippen LogP contribution in [0.25, 0.3) is 5.57 Å². The summed E-state index contributed by atoms with van der Waals surface area (Å²) in [6, 6.07) is 7.20. The number of benzene rings is 2. The van der Waals surface area contributed by atoms with E-state index in [1.165, 1.54) is 31.4 Å². The van der Waals surface area contributed by atoms with Gasteiger partial charge >= 0.3 is 18.3 Å². The van der Waals surface area contributed by atoms with Crippen LogP contribution in [0.3, 0.4) is 0 Å². The molecule has 0 saturated carbocycles. The van der Waals surface area contributed by atoms with Crippen LogP contribution in [0.2, 0.25) is 0 Å². The lowest BCUT2D eigenvalue weighted by molar-refractivity contribution is -0.141. The zero-order valence-electron chi connectivity index (χ0n) is 14.8. The number of ether oxygens (including phenoxy) is 1. The van der Waals surface area contributed by atoms with Crippen molar-refractivity contribution in [1.82, 2.24) is 0 Å².